The van der Waals surface area contributed by atoms with E-state index >= 15 is 0 Å². The minimum atomic E-state index is -0.839. The molecule has 0 amide bonds. The predicted molar refractivity (Wildman–Crippen MR) is 40.4 cm³/mol. The molecule has 2 N–H and O–H groups in total. The first-order valence-corrected chi connectivity index (χ1v) is 3.66. The Morgan fingerprint density at radius 1 is 1.80 bits per heavy atom. The molecule has 0 saturated heterocycles. The average Bonchev–Trinajstić information content (AvgIpc) is 2.34. The molecule has 0 unspecified atom stereocenters. The molecule has 0 aliphatic rings. The lowest BCUT2D eigenvalue weighted by Gasteiger charge is -1.95. The fourth-order valence-corrected chi connectivity index (χ4v) is 1.16. The average molecular weight is 157 g/mol. The zero-order valence-corrected chi connectivity index (χ0v) is 6.02. The summed E-state index contributed by atoms with van der Waals surface area (Å²) in [5.41, 5.74) is 0. The highest BCUT2D eigenvalue weighted by atomic mass is 32.1. The van der Waals surface area contributed by atoms with E-state index in [1.807, 2.05) is 17.5 Å². The van der Waals surface area contributed by atoms with E-state index in [0.717, 1.165) is 5.00 Å². The number of carboxylic acid groups (broad SMARTS) is 1. The number of aliphatic carboxylic acids is 1. The Hall–Kier alpha value is -1.03. The molecule has 1 aromatic rings. The Balaban J connectivity index is 2.35. The summed E-state index contributed by atoms with van der Waals surface area (Å²) in [6, 6.07) is 3.71. The predicted octanol–water partition coefficient (Wildman–Crippen LogP) is 1.24. The molecule has 1 aromatic heterocycles. The normalized spacial score (nSPS) is 9.20. The van der Waals surface area contributed by atoms with Gasteiger partial charge in [0, 0.05) is 0 Å². The van der Waals surface area contributed by atoms with Gasteiger partial charge < -0.3 is 10.4 Å². The van der Waals surface area contributed by atoms with Crippen molar-refractivity contribution in [1.82, 2.24) is 0 Å². The van der Waals surface area contributed by atoms with Crippen molar-refractivity contribution >= 4 is 22.3 Å². The van der Waals surface area contributed by atoms with Gasteiger partial charge in [-0.1, -0.05) is 0 Å². The molecule has 0 bridgehead atoms. The molecule has 0 radical (unpaired) electrons. The van der Waals surface area contributed by atoms with Crippen molar-refractivity contribution in [2.24, 2.45) is 0 Å². The number of carboxylic acids is 1. The number of thiophene rings is 1. The fourth-order valence-electron chi connectivity index (χ4n) is 0.542. The minimum absolute atomic E-state index is 0.0134. The number of hydrogen-bond acceptors (Lipinski definition) is 3. The quantitative estimate of drug-likeness (QED) is 0.694. The van der Waals surface area contributed by atoms with Gasteiger partial charge >= 0.3 is 5.97 Å². The third kappa shape index (κ3) is 2.06. The van der Waals surface area contributed by atoms with Crippen LogP contribution < -0.4 is 5.32 Å². The molecule has 0 fully saturated rings. The molecular formula is C6H7NO2S. The molecule has 0 saturated carbocycles. The standard InChI is InChI=1S/C6H7NO2S/c8-6(9)4-7-5-2-1-3-10-5/h1-3,7H,4H2,(H,8,9). The second-order valence-electron chi connectivity index (χ2n) is 1.72. The molecule has 0 spiro atoms. The van der Waals surface area contributed by atoms with E-state index in [1.165, 1.54) is 11.3 Å². The van der Waals surface area contributed by atoms with Crippen molar-refractivity contribution in [3.8, 4) is 0 Å². The van der Waals surface area contributed by atoms with Gasteiger partial charge in [0.25, 0.3) is 0 Å². The zero-order chi connectivity index (χ0) is 7.40. The Labute approximate surface area is 62.3 Å². The van der Waals surface area contributed by atoms with E-state index in [2.05, 4.69) is 5.32 Å². The monoisotopic (exact) mass is 157 g/mol. The maximum absolute atomic E-state index is 10.0. The van der Waals surface area contributed by atoms with E-state index < -0.39 is 5.97 Å². The Bertz CT molecular complexity index is 208. The van der Waals surface area contributed by atoms with Crippen LogP contribution in [-0.4, -0.2) is 17.6 Å². The second-order valence-corrected chi connectivity index (χ2v) is 2.67. The van der Waals surface area contributed by atoms with Gasteiger partial charge in [0.15, 0.2) is 0 Å². The Morgan fingerprint density at radius 3 is 3.10 bits per heavy atom. The first-order valence-electron chi connectivity index (χ1n) is 2.78. The summed E-state index contributed by atoms with van der Waals surface area (Å²) in [7, 11) is 0. The summed E-state index contributed by atoms with van der Waals surface area (Å²) in [6.45, 7) is -0.0134. The van der Waals surface area contributed by atoms with Crippen molar-refractivity contribution in [2.45, 2.75) is 0 Å². The summed E-state index contributed by atoms with van der Waals surface area (Å²) < 4.78 is 0. The number of anilines is 1. The van der Waals surface area contributed by atoms with Gasteiger partial charge in [-0.2, -0.15) is 0 Å². The molecule has 0 aromatic carbocycles. The van der Waals surface area contributed by atoms with Crippen LogP contribution in [0.5, 0.6) is 0 Å². The first kappa shape index (κ1) is 7.08. The van der Waals surface area contributed by atoms with E-state index in [0.29, 0.717) is 0 Å². The van der Waals surface area contributed by atoms with Gasteiger partial charge in [-0.15, -0.1) is 11.3 Å². The molecule has 0 atom stereocenters. The lowest BCUT2D eigenvalue weighted by atomic mass is 10.6. The molecule has 3 nitrogen and oxygen atoms in total. The highest BCUT2D eigenvalue weighted by Crippen LogP contribution is 2.13. The summed E-state index contributed by atoms with van der Waals surface area (Å²) in [5, 5.41) is 13.8. The van der Waals surface area contributed by atoms with Crippen LogP contribution in [0.4, 0.5) is 5.00 Å². The molecular weight excluding hydrogens is 150 g/mol. The third-order valence-corrected chi connectivity index (χ3v) is 1.76. The zero-order valence-electron chi connectivity index (χ0n) is 5.20. The molecule has 0 aliphatic carbocycles. The molecule has 4 heteroatoms. The van der Waals surface area contributed by atoms with Gasteiger partial charge in [0.2, 0.25) is 0 Å². The number of carbonyl (C=O) groups is 1. The fraction of sp³-hybridized carbons (Fsp3) is 0.167. The van der Waals surface area contributed by atoms with Crippen LogP contribution in [0.15, 0.2) is 17.5 Å². The van der Waals surface area contributed by atoms with Crippen molar-refractivity contribution < 1.29 is 9.90 Å². The number of hydrogen-bond donors (Lipinski definition) is 2. The third-order valence-electron chi connectivity index (χ3n) is 0.935. The highest BCUT2D eigenvalue weighted by Gasteiger charge is 1.95. The molecule has 54 valence electrons. The SMILES string of the molecule is O=C(O)CNc1cccs1. The van der Waals surface area contributed by atoms with Crippen LogP contribution in [0.3, 0.4) is 0 Å². The maximum atomic E-state index is 10.0. The van der Waals surface area contributed by atoms with Gasteiger partial charge in [-0.25, -0.2) is 0 Å². The van der Waals surface area contributed by atoms with Gasteiger partial charge in [0.1, 0.15) is 6.54 Å². The van der Waals surface area contributed by atoms with Gasteiger partial charge in [-0.05, 0) is 17.5 Å². The lowest BCUT2D eigenvalue weighted by Crippen LogP contribution is -2.11. The summed E-state index contributed by atoms with van der Waals surface area (Å²) in [5.74, 6) is -0.839. The lowest BCUT2D eigenvalue weighted by molar-refractivity contribution is -0.134. The topological polar surface area (TPSA) is 49.3 Å². The van der Waals surface area contributed by atoms with Gasteiger partial charge in [0.05, 0.1) is 5.00 Å². The van der Waals surface area contributed by atoms with E-state index in [4.69, 9.17) is 5.11 Å². The van der Waals surface area contributed by atoms with Crippen LogP contribution in [0.2, 0.25) is 0 Å². The van der Waals surface area contributed by atoms with Crippen molar-refractivity contribution in [1.29, 1.82) is 0 Å². The summed E-state index contributed by atoms with van der Waals surface area (Å²) in [6.07, 6.45) is 0. The van der Waals surface area contributed by atoms with Crippen LogP contribution in [0.25, 0.3) is 0 Å². The van der Waals surface area contributed by atoms with E-state index in [1.54, 1.807) is 0 Å². The number of nitrogens with one attached hydrogen (secondary N) is 1. The Morgan fingerprint density at radius 2 is 2.60 bits per heavy atom. The smallest absolute Gasteiger partial charge is 0.322 e. The number of rotatable bonds is 3. The van der Waals surface area contributed by atoms with Gasteiger partial charge in [-0.3, -0.25) is 4.79 Å². The summed E-state index contributed by atoms with van der Waals surface area (Å²) >= 11 is 1.49. The van der Waals surface area contributed by atoms with Crippen LogP contribution in [0, 0.1) is 0 Å². The molecule has 0 aliphatic heterocycles. The Kier molecular flexibility index (Phi) is 2.28. The first-order chi connectivity index (χ1) is 4.79. The van der Waals surface area contributed by atoms with E-state index in [-0.39, 0.29) is 6.54 Å². The molecule has 1 rings (SSSR count). The maximum Gasteiger partial charge on any atom is 0.322 e. The van der Waals surface area contributed by atoms with Crippen molar-refractivity contribution in [3.63, 3.8) is 0 Å². The van der Waals surface area contributed by atoms with Crippen molar-refractivity contribution in [2.75, 3.05) is 11.9 Å². The second kappa shape index (κ2) is 3.22. The van der Waals surface area contributed by atoms with Crippen LogP contribution in [0.1, 0.15) is 0 Å². The molecule has 1 heterocycles. The molecule has 10 heavy (non-hydrogen) atoms. The van der Waals surface area contributed by atoms with Crippen molar-refractivity contribution in [3.05, 3.63) is 17.5 Å². The largest absolute Gasteiger partial charge is 0.480 e. The highest BCUT2D eigenvalue weighted by molar-refractivity contribution is 7.14. The summed E-state index contributed by atoms with van der Waals surface area (Å²) in [4.78, 5) is 10.0. The van der Waals surface area contributed by atoms with Crippen LogP contribution >= 0.6 is 11.3 Å². The minimum Gasteiger partial charge on any atom is -0.480 e. The van der Waals surface area contributed by atoms with Crippen LogP contribution in [-0.2, 0) is 4.79 Å². The van der Waals surface area contributed by atoms with E-state index in [9.17, 15) is 4.79 Å².